The summed E-state index contributed by atoms with van der Waals surface area (Å²) in [7, 11) is 0. The Balaban J connectivity index is 1.53. The molecule has 2 unspecified atom stereocenters. The van der Waals surface area contributed by atoms with Crippen molar-refractivity contribution in [1.29, 1.82) is 0 Å². The summed E-state index contributed by atoms with van der Waals surface area (Å²) in [5.74, 6) is 1.41. The second kappa shape index (κ2) is 8.07. The summed E-state index contributed by atoms with van der Waals surface area (Å²) in [6, 6.07) is 9.60. The van der Waals surface area contributed by atoms with Crippen molar-refractivity contribution in [3.8, 4) is 0 Å². The van der Waals surface area contributed by atoms with Crippen molar-refractivity contribution >= 4 is 11.7 Å². The van der Waals surface area contributed by atoms with Crippen molar-refractivity contribution in [2.45, 2.75) is 44.1 Å². The fourth-order valence-corrected chi connectivity index (χ4v) is 2.82. The van der Waals surface area contributed by atoms with Gasteiger partial charge in [-0.3, -0.25) is 0 Å². The molecule has 0 bridgehead atoms. The molecule has 1 aromatic heterocycles. The first-order valence-corrected chi connectivity index (χ1v) is 8.71. The number of carbonyl (C=O) groups excluding carboxylic acids is 1. The molecule has 0 saturated heterocycles. The van der Waals surface area contributed by atoms with E-state index in [-0.39, 0.29) is 11.9 Å². The standard InChI is InChI=1S/C19H24N4O2/c1-13(24)9-16(14-5-3-2-4-6-14)10-22-19(25)23-17-11-20-18(21-12-17)15-7-8-15/h2-6,11-13,15-16,24H,7-10H2,1H3,(H2,22,23,25). The van der Waals surface area contributed by atoms with Crippen molar-refractivity contribution in [2.24, 2.45) is 0 Å². The third-order valence-corrected chi connectivity index (χ3v) is 4.28. The van der Waals surface area contributed by atoms with Crippen molar-refractivity contribution in [1.82, 2.24) is 15.3 Å². The van der Waals surface area contributed by atoms with E-state index in [9.17, 15) is 9.90 Å². The van der Waals surface area contributed by atoms with Crippen molar-refractivity contribution in [2.75, 3.05) is 11.9 Å². The van der Waals surface area contributed by atoms with Crippen molar-refractivity contribution in [3.05, 3.63) is 54.1 Å². The molecule has 1 fully saturated rings. The summed E-state index contributed by atoms with van der Waals surface area (Å²) < 4.78 is 0. The first kappa shape index (κ1) is 17.4. The molecule has 0 aliphatic heterocycles. The van der Waals surface area contributed by atoms with Gasteiger partial charge in [-0.25, -0.2) is 14.8 Å². The zero-order valence-corrected chi connectivity index (χ0v) is 14.4. The largest absolute Gasteiger partial charge is 0.393 e. The molecule has 1 aromatic carbocycles. The number of hydrogen-bond acceptors (Lipinski definition) is 4. The maximum Gasteiger partial charge on any atom is 0.319 e. The van der Waals surface area contributed by atoms with Gasteiger partial charge in [0.25, 0.3) is 0 Å². The Morgan fingerprint density at radius 1 is 1.24 bits per heavy atom. The van der Waals surface area contributed by atoms with E-state index < -0.39 is 6.10 Å². The summed E-state index contributed by atoms with van der Waals surface area (Å²) in [6.07, 6.45) is 5.74. The zero-order chi connectivity index (χ0) is 17.6. The smallest absolute Gasteiger partial charge is 0.319 e. The Labute approximate surface area is 147 Å². The van der Waals surface area contributed by atoms with Gasteiger partial charge >= 0.3 is 6.03 Å². The van der Waals surface area contributed by atoms with Crippen LogP contribution in [0.3, 0.4) is 0 Å². The van der Waals surface area contributed by atoms with E-state index in [2.05, 4.69) is 20.6 Å². The second-order valence-electron chi connectivity index (χ2n) is 6.63. The lowest BCUT2D eigenvalue weighted by Crippen LogP contribution is -2.33. The topological polar surface area (TPSA) is 87.1 Å². The van der Waals surface area contributed by atoms with Crippen LogP contribution >= 0.6 is 0 Å². The average molecular weight is 340 g/mol. The number of carbonyl (C=O) groups is 1. The fraction of sp³-hybridized carbons (Fsp3) is 0.421. The third-order valence-electron chi connectivity index (χ3n) is 4.28. The van der Waals surface area contributed by atoms with Gasteiger partial charge < -0.3 is 15.7 Å². The van der Waals surface area contributed by atoms with Crippen molar-refractivity contribution in [3.63, 3.8) is 0 Å². The predicted molar refractivity (Wildman–Crippen MR) is 96.5 cm³/mol. The number of anilines is 1. The number of benzene rings is 1. The van der Waals surface area contributed by atoms with Crippen LogP contribution in [-0.4, -0.2) is 33.8 Å². The van der Waals surface area contributed by atoms with Gasteiger partial charge in [-0.05, 0) is 31.7 Å². The van der Waals surface area contributed by atoms with Crippen LogP contribution in [0.2, 0.25) is 0 Å². The number of urea groups is 1. The number of nitrogens with one attached hydrogen (secondary N) is 2. The molecule has 132 valence electrons. The Bertz CT molecular complexity index is 684. The number of nitrogens with zero attached hydrogens (tertiary/aromatic N) is 2. The lowest BCUT2D eigenvalue weighted by Gasteiger charge is -2.19. The quantitative estimate of drug-likeness (QED) is 0.723. The number of aromatic nitrogens is 2. The molecule has 3 rings (SSSR count). The average Bonchev–Trinajstić information content (AvgIpc) is 3.45. The van der Waals surface area contributed by atoms with Gasteiger partial charge in [0.1, 0.15) is 5.82 Å². The third kappa shape index (κ3) is 5.26. The number of aliphatic hydroxyl groups is 1. The normalized spacial score (nSPS) is 16.1. The zero-order valence-electron chi connectivity index (χ0n) is 14.4. The summed E-state index contributed by atoms with van der Waals surface area (Å²) in [6.45, 7) is 2.20. The van der Waals surface area contributed by atoms with E-state index in [4.69, 9.17) is 0 Å². The van der Waals surface area contributed by atoms with Crippen LogP contribution in [0, 0.1) is 0 Å². The summed E-state index contributed by atoms with van der Waals surface area (Å²) in [5, 5.41) is 15.3. The Morgan fingerprint density at radius 3 is 2.52 bits per heavy atom. The maximum atomic E-state index is 12.1. The Kier molecular flexibility index (Phi) is 5.60. The molecule has 3 N–H and O–H groups in total. The first-order valence-electron chi connectivity index (χ1n) is 8.71. The molecule has 1 aliphatic carbocycles. The van der Waals surface area contributed by atoms with Gasteiger partial charge in [-0.2, -0.15) is 0 Å². The number of amides is 2. The highest BCUT2D eigenvalue weighted by atomic mass is 16.3. The van der Waals surface area contributed by atoms with Gasteiger partial charge in [-0.1, -0.05) is 30.3 Å². The molecule has 1 aliphatic rings. The number of aliphatic hydroxyl groups excluding tert-OH is 1. The van der Waals surface area contributed by atoms with Gasteiger partial charge in [0, 0.05) is 18.4 Å². The summed E-state index contributed by atoms with van der Waals surface area (Å²) in [4.78, 5) is 20.7. The van der Waals surface area contributed by atoms with E-state index in [0.717, 1.165) is 24.2 Å². The van der Waals surface area contributed by atoms with E-state index in [0.29, 0.717) is 24.6 Å². The highest BCUT2D eigenvalue weighted by Gasteiger charge is 2.26. The summed E-state index contributed by atoms with van der Waals surface area (Å²) >= 11 is 0. The molecule has 2 atom stereocenters. The lowest BCUT2D eigenvalue weighted by molar-refractivity contribution is 0.173. The van der Waals surface area contributed by atoms with E-state index in [1.807, 2.05) is 30.3 Å². The number of hydrogen-bond donors (Lipinski definition) is 3. The molecule has 1 saturated carbocycles. The van der Waals surface area contributed by atoms with Crippen LogP contribution in [-0.2, 0) is 0 Å². The van der Waals surface area contributed by atoms with Crippen LogP contribution < -0.4 is 10.6 Å². The number of rotatable bonds is 7. The van der Waals surface area contributed by atoms with Crippen LogP contribution in [0.25, 0.3) is 0 Å². The predicted octanol–water partition coefficient (Wildman–Crippen LogP) is 3.03. The lowest BCUT2D eigenvalue weighted by atomic mass is 9.93. The van der Waals surface area contributed by atoms with Gasteiger partial charge in [-0.15, -0.1) is 0 Å². The van der Waals surface area contributed by atoms with Crippen LogP contribution in [0.15, 0.2) is 42.7 Å². The molecule has 6 nitrogen and oxygen atoms in total. The Morgan fingerprint density at radius 2 is 1.92 bits per heavy atom. The van der Waals surface area contributed by atoms with Crippen LogP contribution in [0.5, 0.6) is 0 Å². The van der Waals surface area contributed by atoms with Crippen molar-refractivity contribution < 1.29 is 9.90 Å². The van der Waals surface area contributed by atoms with E-state index in [1.165, 1.54) is 0 Å². The van der Waals surface area contributed by atoms with Crippen LogP contribution in [0.4, 0.5) is 10.5 Å². The first-order chi connectivity index (χ1) is 12.1. The summed E-state index contributed by atoms with van der Waals surface area (Å²) in [5.41, 5.74) is 1.68. The SMILES string of the molecule is CC(O)CC(CNC(=O)Nc1cnc(C2CC2)nc1)c1ccccc1. The van der Waals surface area contributed by atoms with E-state index in [1.54, 1.807) is 19.3 Å². The van der Waals surface area contributed by atoms with E-state index >= 15 is 0 Å². The molecule has 1 heterocycles. The Hall–Kier alpha value is -2.47. The minimum absolute atomic E-state index is 0.0560. The maximum absolute atomic E-state index is 12.1. The van der Waals surface area contributed by atoms with Gasteiger partial charge in [0.15, 0.2) is 0 Å². The minimum atomic E-state index is -0.432. The van der Waals surface area contributed by atoms with Crippen LogP contribution in [0.1, 0.15) is 49.4 Å². The molecule has 2 amide bonds. The fourth-order valence-electron chi connectivity index (χ4n) is 2.82. The highest BCUT2D eigenvalue weighted by Crippen LogP contribution is 2.37. The van der Waals surface area contributed by atoms with Gasteiger partial charge in [0.2, 0.25) is 0 Å². The van der Waals surface area contributed by atoms with Gasteiger partial charge in [0.05, 0.1) is 24.2 Å². The minimum Gasteiger partial charge on any atom is -0.393 e. The molecule has 0 radical (unpaired) electrons. The second-order valence-corrected chi connectivity index (χ2v) is 6.63. The molecule has 0 spiro atoms. The molecular formula is C19H24N4O2. The molecule has 25 heavy (non-hydrogen) atoms. The highest BCUT2D eigenvalue weighted by molar-refractivity contribution is 5.88. The monoisotopic (exact) mass is 340 g/mol. The molecular weight excluding hydrogens is 316 g/mol. The molecule has 2 aromatic rings. The molecule has 6 heteroatoms.